The zero-order valence-corrected chi connectivity index (χ0v) is 27.4. The van der Waals surface area contributed by atoms with Gasteiger partial charge in [0, 0.05) is 30.3 Å². The van der Waals surface area contributed by atoms with Crippen LogP contribution in [0.2, 0.25) is 0 Å². The molecule has 0 spiro atoms. The Morgan fingerprint density at radius 3 is 1.73 bits per heavy atom. The maximum absolute atomic E-state index is 9.88. The average Bonchev–Trinajstić information content (AvgIpc) is 3.06. The van der Waals surface area contributed by atoms with E-state index in [4.69, 9.17) is 18.9 Å². The van der Waals surface area contributed by atoms with Crippen molar-refractivity contribution in [2.24, 2.45) is 29.6 Å². The summed E-state index contributed by atoms with van der Waals surface area (Å²) >= 11 is 0. The Kier molecular flexibility index (Phi) is 13.9. The van der Waals surface area contributed by atoms with Crippen LogP contribution in [0.5, 0.6) is 0 Å². The molecule has 4 rings (SSSR count). The van der Waals surface area contributed by atoms with Gasteiger partial charge in [0.2, 0.25) is 0 Å². The van der Waals surface area contributed by atoms with Crippen LogP contribution < -0.4 is 0 Å². The van der Waals surface area contributed by atoms with Crippen LogP contribution in [-0.4, -0.2) is 42.7 Å². The van der Waals surface area contributed by atoms with Crippen LogP contribution in [0.3, 0.4) is 0 Å². The van der Waals surface area contributed by atoms with Crippen LogP contribution in [-0.2, 0) is 38.8 Å². The molecule has 0 saturated carbocycles. The molecular weight excluding hydrogens is 548 g/mol. The summed E-state index contributed by atoms with van der Waals surface area (Å²) in [5.41, 5.74) is 3.48. The molecule has 5 nitrogen and oxygen atoms in total. The lowest BCUT2D eigenvalue weighted by molar-refractivity contribution is -0.174. The Morgan fingerprint density at radius 2 is 1.20 bits per heavy atom. The Hall–Kier alpha value is -2.54. The fourth-order valence-corrected chi connectivity index (χ4v) is 6.73. The van der Waals surface area contributed by atoms with Crippen LogP contribution in [0, 0.1) is 29.6 Å². The average molecular weight is 603 g/mol. The molecule has 0 unspecified atom stereocenters. The SMILES string of the molecule is C[C@H]([C@H](OCc1ccccc1)[C@H](C)[C@H]1O[C@H]([C@H](C)CO)CC[C@@H]1C)[C@@H](OCc1ccccc1)[C@@H](C)COCc1ccccc1. The molecule has 1 N–H and O–H groups in total. The van der Waals surface area contributed by atoms with Crippen molar-refractivity contribution in [1.82, 2.24) is 0 Å². The van der Waals surface area contributed by atoms with E-state index in [0.29, 0.717) is 32.3 Å². The van der Waals surface area contributed by atoms with Gasteiger partial charge in [0.05, 0.1) is 50.8 Å². The standard InChI is InChI=1S/C39H54O5/c1-28-21-22-36(29(2)23-40)44-38(28)32(5)39(43-27-35-19-13-8-14-20-35)31(4)37(42-26-34-17-11-7-12-18-34)30(3)24-41-25-33-15-9-6-10-16-33/h6-20,28-32,36-40H,21-27H2,1-5H3/t28-,29+,30-,31-,32+,36-,37-,38-,39-/m0/s1. The summed E-state index contributed by atoms with van der Waals surface area (Å²) in [5, 5.41) is 9.88. The Bertz CT molecular complexity index is 1170. The Morgan fingerprint density at radius 1 is 0.705 bits per heavy atom. The van der Waals surface area contributed by atoms with Gasteiger partial charge in [0.1, 0.15) is 0 Å². The van der Waals surface area contributed by atoms with Crippen molar-refractivity contribution < 1.29 is 24.1 Å². The maximum Gasteiger partial charge on any atom is 0.0720 e. The van der Waals surface area contributed by atoms with Gasteiger partial charge >= 0.3 is 0 Å². The van der Waals surface area contributed by atoms with Gasteiger partial charge in [-0.3, -0.25) is 0 Å². The predicted octanol–water partition coefficient (Wildman–Crippen LogP) is 8.09. The smallest absolute Gasteiger partial charge is 0.0720 e. The molecule has 5 heteroatoms. The first-order valence-electron chi connectivity index (χ1n) is 16.6. The third kappa shape index (κ3) is 9.98. The van der Waals surface area contributed by atoms with E-state index >= 15 is 0 Å². The van der Waals surface area contributed by atoms with Crippen molar-refractivity contribution in [3.8, 4) is 0 Å². The number of aliphatic hydroxyl groups is 1. The number of ether oxygens (including phenoxy) is 4. The van der Waals surface area contributed by atoms with Crippen LogP contribution in [0.4, 0.5) is 0 Å². The molecule has 0 aliphatic carbocycles. The van der Waals surface area contributed by atoms with Crippen molar-refractivity contribution in [3.05, 3.63) is 108 Å². The second-order valence-corrected chi connectivity index (χ2v) is 13.1. The highest BCUT2D eigenvalue weighted by Crippen LogP contribution is 2.38. The van der Waals surface area contributed by atoms with Crippen LogP contribution >= 0.6 is 0 Å². The molecule has 9 atom stereocenters. The second kappa shape index (κ2) is 17.8. The number of rotatable bonds is 17. The first kappa shape index (κ1) is 34.3. The summed E-state index contributed by atoms with van der Waals surface area (Å²) in [6.45, 7) is 13.5. The summed E-state index contributed by atoms with van der Waals surface area (Å²) in [6.07, 6.45) is 1.95. The number of aliphatic hydroxyl groups excluding tert-OH is 1. The summed E-state index contributed by atoms with van der Waals surface area (Å²) in [6, 6.07) is 31.1. The molecule has 1 fully saturated rings. The van der Waals surface area contributed by atoms with Crippen LogP contribution in [0.25, 0.3) is 0 Å². The number of hydrogen-bond acceptors (Lipinski definition) is 5. The van der Waals surface area contributed by atoms with Crippen molar-refractivity contribution in [1.29, 1.82) is 0 Å². The van der Waals surface area contributed by atoms with Gasteiger partial charge < -0.3 is 24.1 Å². The van der Waals surface area contributed by atoms with E-state index in [0.717, 1.165) is 24.0 Å². The molecule has 0 amide bonds. The predicted molar refractivity (Wildman–Crippen MR) is 177 cm³/mol. The fraction of sp³-hybridized carbons (Fsp3) is 0.538. The quantitative estimate of drug-likeness (QED) is 0.169. The van der Waals surface area contributed by atoms with Gasteiger partial charge in [-0.1, -0.05) is 126 Å². The molecule has 240 valence electrons. The van der Waals surface area contributed by atoms with Gasteiger partial charge in [-0.2, -0.15) is 0 Å². The molecule has 3 aromatic rings. The highest BCUT2D eigenvalue weighted by Gasteiger charge is 2.42. The van der Waals surface area contributed by atoms with E-state index in [9.17, 15) is 5.11 Å². The molecule has 1 aliphatic heterocycles. The van der Waals surface area contributed by atoms with E-state index in [1.807, 2.05) is 30.3 Å². The van der Waals surface area contributed by atoms with Crippen molar-refractivity contribution in [2.75, 3.05) is 13.2 Å². The normalized spacial score (nSPS) is 22.9. The Balaban J connectivity index is 1.56. The second-order valence-electron chi connectivity index (χ2n) is 13.1. The number of hydrogen-bond donors (Lipinski definition) is 1. The zero-order valence-electron chi connectivity index (χ0n) is 27.4. The molecule has 0 radical (unpaired) electrons. The molecule has 3 aromatic carbocycles. The highest BCUT2D eigenvalue weighted by atomic mass is 16.5. The zero-order chi connectivity index (χ0) is 31.3. The summed E-state index contributed by atoms with van der Waals surface area (Å²) in [4.78, 5) is 0. The monoisotopic (exact) mass is 602 g/mol. The lowest BCUT2D eigenvalue weighted by Crippen LogP contribution is -2.49. The van der Waals surface area contributed by atoms with Crippen LogP contribution in [0.15, 0.2) is 91.0 Å². The topological polar surface area (TPSA) is 57.2 Å². The summed E-state index contributed by atoms with van der Waals surface area (Å²) in [7, 11) is 0. The van der Waals surface area contributed by atoms with Gasteiger partial charge in [-0.05, 0) is 35.4 Å². The molecule has 0 aromatic heterocycles. The maximum atomic E-state index is 9.88. The van der Waals surface area contributed by atoms with Crippen molar-refractivity contribution >= 4 is 0 Å². The van der Waals surface area contributed by atoms with E-state index < -0.39 is 0 Å². The van der Waals surface area contributed by atoms with Gasteiger partial charge in [-0.15, -0.1) is 0 Å². The number of benzene rings is 3. The highest BCUT2D eigenvalue weighted by molar-refractivity contribution is 5.15. The lowest BCUT2D eigenvalue weighted by atomic mass is 9.76. The summed E-state index contributed by atoms with van der Waals surface area (Å²) in [5.74, 6) is 0.843. The lowest BCUT2D eigenvalue weighted by Gasteiger charge is -2.45. The molecule has 1 saturated heterocycles. The molecule has 1 aliphatic rings. The van der Waals surface area contributed by atoms with Gasteiger partial charge in [0.15, 0.2) is 0 Å². The van der Waals surface area contributed by atoms with Crippen molar-refractivity contribution in [2.45, 2.75) is 91.7 Å². The third-order valence-corrected chi connectivity index (χ3v) is 9.42. The minimum Gasteiger partial charge on any atom is -0.396 e. The molecule has 44 heavy (non-hydrogen) atoms. The third-order valence-electron chi connectivity index (χ3n) is 9.42. The fourth-order valence-electron chi connectivity index (χ4n) is 6.73. The minimum absolute atomic E-state index is 0.0328. The molecule has 0 bridgehead atoms. The van der Waals surface area contributed by atoms with E-state index in [-0.39, 0.29) is 54.7 Å². The first-order valence-corrected chi connectivity index (χ1v) is 16.6. The van der Waals surface area contributed by atoms with E-state index in [1.54, 1.807) is 0 Å². The van der Waals surface area contributed by atoms with E-state index in [1.165, 1.54) is 5.56 Å². The van der Waals surface area contributed by atoms with Gasteiger partial charge in [-0.25, -0.2) is 0 Å². The van der Waals surface area contributed by atoms with Crippen molar-refractivity contribution in [3.63, 3.8) is 0 Å². The minimum atomic E-state index is -0.108. The summed E-state index contributed by atoms with van der Waals surface area (Å²) < 4.78 is 26.7. The largest absolute Gasteiger partial charge is 0.396 e. The van der Waals surface area contributed by atoms with E-state index in [2.05, 4.69) is 95.3 Å². The molecular formula is C39H54O5. The Labute approximate surface area is 265 Å². The van der Waals surface area contributed by atoms with Gasteiger partial charge in [0.25, 0.3) is 0 Å². The molecule has 1 heterocycles. The first-order chi connectivity index (χ1) is 21.4. The van der Waals surface area contributed by atoms with Crippen LogP contribution in [0.1, 0.15) is 64.2 Å².